The van der Waals surface area contributed by atoms with Gasteiger partial charge in [-0.1, -0.05) is 44.2 Å². The fraction of sp³-hybridized carbons (Fsp3) is 0.375. The molecule has 2 N–H and O–H groups in total. The van der Waals surface area contributed by atoms with E-state index in [1.807, 2.05) is 29.1 Å². The predicted octanol–water partition coefficient (Wildman–Crippen LogP) is 4.02. The summed E-state index contributed by atoms with van der Waals surface area (Å²) in [4.78, 5) is 15.8. The molecule has 0 aliphatic carbocycles. The van der Waals surface area contributed by atoms with Gasteiger partial charge in [-0.25, -0.2) is 15.0 Å². The van der Waals surface area contributed by atoms with Gasteiger partial charge in [0.15, 0.2) is 5.96 Å². The average molecular weight is 547 g/mol. The number of nitrogens with zero attached hydrogens (tertiary/aromatic N) is 5. The first-order valence-corrected chi connectivity index (χ1v) is 11.0. The molecule has 3 aromatic rings. The van der Waals surface area contributed by atoms with E-state index >= 15 is 0 Å². The van der Waals surface area contributed by atoms with Crippen molar-refractivity contribution in [2.24, 2.45) is 4.99 Å². The summed E-state index contributed by atoms with van der Waals surface area (Å²) in [5, 5.41) is 6.91. The first-order valence-electron chi connectivity index (χ1n) is 11.0. The molecule has 0 bridgehead atoms. The minimum absolute atomic E-state index is 0. The van der Waals surface area contributed by atoms with Gasteiger partial charge >= 0.3 is 0 Å². The first kappa shape index (κ1) is 25.8. The van der Waals surface area contributed by atoms with Gasteiger partial charge in [-0.05, 0) is 43.3 Å². The van der Waals surface area contributed by atoms with Crippen molar-refractivity contribution in [3.05, 3.63) is 78.5 Å². The molecule has 3 rings (SSSR count). The first-order chi connectivity index (χ1) is 15.2. The highest BCUT2D eigenvalue weighted by Crippen LogP contribution is 2.19. The van der Waals surface area contributed by atoms with Crippen molar-refractivity contribution in [1.29, 1.82) is 0 Å². The van der Waals surface area contributed by atoms with E-state index < -0.39 is 0 Å². The zero-order valence-corrected chi connectivity index (χ0v) is 21.4. The van der Waals surface area contributed by atoms with E-state index in [4.69, 9.17) is 4.99 Å². The summed E-state index contributed by atoms with van der Waals surface area (Å²) in [6.45, 7) is 10.7. The van der Waals surface area contributed by atoms with Gasteiger partial charge in [0.05, 0.1) is 12.6 Å². The molecule has 0 saturated heterocycles. The van der Waals surface area contributed by atoms with Gasteiger partial charge in [0.1, 0.15) is 12.1 Å². The van der Waals surface area contributed by atoms with Gasteiger partial charge in [-0.2, -0.15) is 0 Å². The van der Waals surface area contributed by atoms with E-state index in [-0.39, 0.29) is 30.0 Å². The molecule has 1 aromatic carbocycles. The highest BCUT2D eigenvalue weighted by molar-refractivity contribution is 14.0. The van der Waals surface area contributed by atoms with Crippen LogP contribution in [-0.4, -0.2) is 51.6 Å². The number of aliphatic imine (C=N–C) groups is 1. The van der Waals surface area contributed by atoms with Gasteiger partial charge in [-0.15, -0.1) is 24.0 Å². The Balaban J connectivity index is 0.00000363. The minimum atomic E-state index is 0. The minimum Gasteiger partial charge on any atom is -0.357 e. The summed E-state index contributed by atoms with van der Waals surface area (Å²) in [7, 11) is 0. The summed E-state index contributed by atoms with van der Waals surface area (Å²) in [5.74, 6) is 1.66. The summed E-state index contributed by atoms with van der Waals surface area (Å²) >= 11 is 0. The van der Waals surface area contributed by atoms with Crippen LogP contribution in [0.4, 0.5) is 0 Å². The summed E-state index contributed by atoms with van der Waals surface area (Å²) in [6.07, 6.45) is 7.20. The van der Waals surface area contributed by atoms with Crippen molar-refractivity contribution < 1.29 is 0 Å². The summed E-state index contributed by atoms with van der Waals surface area (Å²) < 4.78 is 1.89. The molecule has 2 heterocycles. The quantitative estimate of drug-likeness (QED) is 0.228. The zero-order chi connectivity index (χ0) is 21.9. The highest BCUT2D eigenvalue weighted by Gasteiger charge is 2.18. The summed E-state index contributed by atoms with van der Waals surface area (Å²) in [5.41, 5.74) is 2.41. The van der Waals surface area contributed by atoms with E-state index in [1.165, 1.54) is 5.56 Å². The van der Waals surface area contributed by atoms with Crippen LogP contribution in [-0.2, 0) is 6.54 Å². The maximum absolute atomic E-state index is 4.81. The van der Waals surface area contributed by atoms with Crippen LogP contribution in [0.2, 0.25) is 0 Å². The van der Waals surface area contributed by atoms with Crippen LogP contribution in [0.3, 0.4) is 0 Å². The standard InChI is InChI=1S/C24H33N7.HI/c1-4-26-24(28-17-20-12-13-27-23(16-20)31-15-14-25-19-31)29-18-22(30(5-2)6-3)21-10-8-7-9-11-21;/h7-16,19,22H,4-6,17-18H2,1-3H3,(H2,26,28,29);1H. The molecular weight excluding hydrogens is 513 g/mol. The molecule has 0 radical (unpaired) electrons. The fourth-order valence-electron chi connectivity index (χ4n) is 3.60. The van der Waals surface area contributed by atoms with E-state index in [0.29, 0.717) is 6.54 Å². The van der Waals surface area contributed by atoms with Crippen LogP contribution in [0.25, 0.3) is 5.82 Å². The number of halogens is 1. The molecule has 0 fully saturated rings. The molecular formula is C24H34IN7. The number of imidazole rings is 1. The van der Waals surface area contributed by atoms with Gasteiger partial charge in [0.2, 0.25) is 0 Å². The SMILES string of the molecule is CCNC(=NCc1ccnc(-n2ccnc2)c1)NCC(c1ccccc1)N(CC)CC.I. The lowest BCUT2D eigenvalue weighted by atomic mass is 10.1. The van der Waals surface area contributed by atoms with Crippen molar-refractivity contribution >= 4 is 29.9 Å². The lowest BCUT2D eigenvalue weighted by molar-refractivity contribution is 0.219. The monoisotopic (exact) mass is 547 g/mol. The number of rotatable bonds is 10. The number of nitrogens with one attached hydrogen (secondary N) is 2. The number of benzene rings is 1. The third kappa shape index (κ3) is 7.30. The Bertz CT molecular complexity index is 925. The molecule has 8 heteroatoms. The predicted molar refractivity (Wildman–Crippen MR) is 142 cm³/mol. The van der Waals surface area contributed by atoms with Gasteiger partial charge < -0.3 is 10.6 Å². The van der Waals surface area contributed by atoms with E-state index in [9.17, 15) is 0 Å². The van der Waals surface area contributed by atoms with Gasteiger partial charge in [0, 0.05) is 31.7 Å². The number of hydrogen-bond donors (Lipinski definition) is 2. The Labute approximate surface area is 208 Å². The Morgan fingerprint density at radius 2 is 1.84 bits per heavy atom. The Hall–Kier alpha value is -2.46. The average Bonchev–Trinajstić information content (AvgIpc) is 3.36. The number of hydrogen-bond acceptors (Lipinski definition) is 4. The molecule has 32 heavy (non-hydrogen) atoms. The number of likely N-dealkylation sites (N-methyl/N-ethyl adjacent to an activating group) is 1. The van der Waals surface area contributed by atoms with Crippen molar-refractivity contribution in [1.82, 2.24) is 30.1 Å². The largest absolute Gasteiger partial charge is 0.357 e. The topological polar surface area (TPSA) is 70.4 Å². The third-order valence-corrected chi connectivity index (χ3v) is 5.24. The van der Waals surface area contributed by atoms with Crippen molar-refractivity contribution in [2.75, 3.05) is 26.2 Å². The fourth-order valence-corrected chi connectivity index (χ4v) is 3.60. The number of guanidine groups is 1. The smallest absolute Gasteiger partial charge is 0.191 e. The van der Waals surface area contributed by atoms with Crippen molar-refractivity contribution in [3.8, 4) is 5.82 Å². The normalized spacial score (nSPS) is 12.3. The van der Waals surface area contributed by atoms with Crippen LogP contribution >= 0.6 is 24.0 Å². The Morgan fingerprint density at radius 3 is 2.50 bits per heavy atom. The second-order valence-corrected chi connectivity index (χ2v) is 7.22. The molecule has 0 spiro atoms. The molecule has 172 valence electrons. The third-order valence-electron chi connectivity index (χ3n) is 5.24. The van der Waals surface area contributed by atoms with Crippen LogP contribution in [0, 0.1) is 0 Å². The van der Waals surface area contributed by atoms with Crippen molar-refractivity contribution in [2.45, 2.75) is 33.4 Å². The van der Waals surface area contributed by atoms with Crippen LogP contribution < -0.4 is 10.6 Å². The van der Waals surface area contributed by atoms with Crippen LogP contribution in [0.15, 0.2) is 72.4 Å². The van der Waals surface area contributed by atoms with Gasteiger partial charge in [-0.3, -0.25) is 9.47 Å². The molecule has 0 saturated carbocycles. The van der Waals surface area contributed by atoms with Crippen LogP contribution in [0.1, 0.15) is 37.9 Å². The number of aromatic nitrogens is 3. The van der Waals surface area contributed by atoms with Gasteiger partial charge in [0.25, 0.3) is 0 Å². The maximum atomic E-state index is 4.81. The van der Waals surface area contributed by atoms with E-state index in [1.54, 1.807) is 12.5 Å². The van der Waals surface area contributed by atoms with E-state index in [0.717, 1.165) is 43.5 Å². The lowest BCUT2D eigenvalue weighted by Gasteiger charge is -2.30. The molecule has 0 amide bonds. The van der Waals surface area contributed by atoms with Crippen molar-refractivity contribution in [3.63, 3.8) is 0 Å². The number of pyridine rings is 1. The molecule has 0 aliphatic rings. The molecule has 1 atom stereocenters. The Kier molecular flexibility index (Phi) is 11.2. The lowest BCUT2D eigenvalue weighted by Crippen LogP contribution is -2.43. The molecule has 1 unspecified atom stereocenters. The summed E-state index contributed by atoms with van der Waals surface area (Å²) in [6, 6.07) is 15.0. The zero-order valence-electron chi connectivity index (χ0n) is 19.1. The Morgan fingerprint density at radius 1 is 1.06 bits per heavy atom. The molecule has 0 aliphatic heterocycles. The molecule has 2 aromatic heterocycles. The van der Waals surface area contributed by atoms with Crippen LogP contribution in [0.5, 0.6) is 0 Å². The second kappa shape index (κ2) is 13.8. The molecule has 7 nitrogen and oxygen atoms in total. The maximum Gasteiger partial charge on any atom is 0.191 e. The highest BCUT2D eigenvalue weighted by atomic mass is 127. The van der Waals surface area contributed by atoms with E-state index in [2.05, 4.69) is 76.6 Å². The second-order valence-electron chi connectivity index (χ2n) is 7.22.